The number of benzene rings is 2. The summed E-state index contributed by atoms with van der Waals surface area (Å²) in [6.07, 6.45) is 4.47. The molecule has 1 saturated heterocycles. The number of hydrogen-bond acceptors (Lipinski definition) is 4. The second-order valence-electron chi connectivity index (χ2n) is 6.83. The van der Waals surface area contributed by atoms with Gasteiger partial charge in [-0.1, -0.05) is 36.4 Å². The van der Waals surface area contributed by atoms with E-state index in [1.807, 2.05) is 65.6 Å². The van der Waals surface area contributed by atoms with Crippen molar-refractivity contribution in [3.05, 3.63) is 84.2 Å². The van der Waals surface area contributed by atoms with Crippen LogP contribution >= 0.6 is 11.8 Å². The SMILES string of the molecule is O=C(NCCc1cnn(-c2ccccc2)c1)[C@@H]1CSCN1C(=O)c1ccccc1. The largest absolute Gasteiger partial charge is 0.354 e. The van der Waals surface area contributed by atoms with Crippen LogP contribution in [0.1, 0.15) is 15.9 Å². The van der Waals surface area contributed by atoms with Gasteiger partial charge < -0.3 is 10.2 Å². The van der Waals surface area contributed by atoms with Crippen LogP contribution in [0.15, 0.2) is 73.1 Å². The van der Waals surface area contributed by atoms with Crippen molar-refractivity contribution in [1.82, 2.24) is 20.0 Å². The van der Waals surface area contributed by atoms with Crippen molar-refractivity contribution >= 4 is 23.6 Å². The molecule has 0 radical (unpaired) electrons. The number of thioether (sulfide) groups is 1. The molecule has 4 rings (SSSR count). The highest BCUT2D eigenvalue weighted by Crippen LogP contribution is 2.23. The summed E-state index contributed by atoms with van der Waals surface area (Å²) < 4.78 is 1.82. The Bertz CT molecular complexity index is 975. The van der Waals surface area contributed by atoms with Crippen molar-refractivity contribution in [2.24, 2.45) is 0 Å². The lowest BCUT2D eigenvalue weighted by Gasteiger charge is -2.23. The number of rotatable bonds is 6. The molecule has 1 aliphatic rings. The summed E-state index contributed by atoms with van der Waals surface area (Å²) in [5.74, 6) is 0.959. The molecule has 0 bridgehead atoms. The molecule has 6 nitrogen and oxygen atoms in total. The average Bonchev–Trinajstić information content (AvgIpc) is 3.44. The van der Waals surface area contributed by atoms with E-state index in [1.54, 1.807) is 28.8 Å². The van der Waals surface area contributed by atoms with Crippen LogP contribution < -0.4 is 5.32 Å². The van der Waals surface area contributed by atoms with Gasteiger partial charge in [0.15, 0.2) is 0 Å². The Balaban J connectivity index is 1.31. The van der Waals surface area contributed by atoms with Gasteiger partial charge in [0.05, 0.1) is 17.8 Å². The summed E-state index contributed by atoms with van der Waals surface area (Å²) in [5, 5.41) is 7.35. The fraction of sp³-hybridized carbons (Fsp3) is 0.227. The molecule has 2 heterocycles. The van der Waals surface area contributed by atoms with E-state index in [0.29, 0.717) is 30.2 Å². The minimum atomic E-state index is -0.431. The molecular formula is C22H22N4O2S. The summed E-state index contributed by atoms with van der Waals surface area (Å²) in [5.41, 5.74) is 2.66. The first-order valence-corrected chi connectivity index (χ1v) is 10.7. The number of nitrogens with one attached hydrogen (secondary N) is 1. The Labute approximate surface area is 173 Å². The van der Waals surface area contributed by atoms with Crippen molar-refractivity contribution < 1.29 is 9.59 Å². The molecule has 1 aliphatic heterocycles. The third kappa shape index (κ3) is 4.51. The van der Waals surface area contributed by atoms with E-state index in [-0.39, 0.29) is 11.8 Å². The van der Waals surface area contributed by atoms with Gasteiger partial charge in [-0.05, 0) is 36.2 Å². The van der Waals surface area contributed by atoms with Crippen LogP contribution in [-0.4, -0.2) is 50.7 Å². The Kier molecular flexibility index (Phi) is 5.95. The molecule has 2 aromatic carbocycles. The summed E-state index contributed by atoms with van der Waals surface area (Å²) in [6.45, 7) is 0.508. The molecule has 3 aromatic rings. The highest BCUT2D eigenvalue weighted by molar-refractivity contribution is 7.99. The first kappa shape index (κ1) is 19.3. The number of nitrogens with zero attached hydrogens (tertiary/aromatic N) is 3. The first-order valence-electron chi connectivity index (χ1n) is 9.53. The molecule has 148 valence electrons. The Morgan fingerprint density at radius 1 is 1.07 bits per heavy atom. The predicted molar refractivity (Wildman–Crippen MR) is 114 cm³/mol. The highest BCUT2D eigenvalue weighted by Gasteiger charge is 2.34. The number of hydrogen-bond donors (Lipinski definition) is 1. The number of carbonyl (C=O) groups excluding carboxylic acids is 2. The van der Waals surface area contributed by atoms with E-state index in [9.17, 15) is 9.59 Å². The van der Waals surface area contributed by atoms with Gasteiger partial charge in [-0.3, -0.25) is 9.59 Å². The first-order chi connectivity index (χ1) is 14.2. The van der Waals surface area contributed by atoms with E-state index in [2.05, 4.69) is 10.4 Å². The van der Waals surface area contributed by atoms with Crippen LogP contribution in [0.25, 0.3) is 5.69 Å². The fourth-order valence-electron chi connectivity index (χ4n) is 3.27. The summed E-state index contributed by atoms with van der Waals surface area (Å²) in [4.78, 5) is 27.0. The quantitative estimate of drug-likeness (QED) is 0.684. The second-order valence-corrected chi connectivity index (χ2v) is 7.83. The number of amides is 2. The molecule has 2 amide bonds. The molecule has 1 atom stereocenters. The maximum absolute atomic E-state index is 12.7. The topological polar surface area (TPSA) is 67.2 Å². The maximum atomic E-state index is 12.7. The molecule has 0 aliphatic carbocycles. The monoisotopic (exact) mass is 406 g/mol. The van der Waals surface area contributed by atoms with Gasteiger partial charge >= 0.3 is 0 Å². The van der Waals surface area contributed by atoms with Crippen LogP contribution in [0, 0.1) is 0 Å². The van der Waals surface area contributed by atoms with Crippen molar-refractivity contribution in [3.63, 3.8) is 0 Å². The minimum Gasteiger partial charge on any atom is -0.354 e. The standard InChI is InChI=1S/C22H22N4O2S/c27-21(20-15-29-16-25(20)22(28)18-7-3-1-4-8-18)23-12-11-17-13-24-26(14-17)19-9-5-2-6-10-19/h1-10,13-14,20H,11-12,15-16H2,(H,23,27)/t20-/m0/s1. The van der Waals surface area contributed by atoms with E-state index in [1.165, 1.54) is 0 Å². The van der Waals surface area contributed by atoms with Gasteiger partial charge in [0, 0.05) is 24.1 Å². The highest BCUT2D eigenvalue weighted by atomic mass is 32.2. The van der Waals surface area contributed by atoms with Gasteiger partial charge in [0.25, 0.3) is 5.91 Å². The van der Waals surface area contributed by atoms with E-state index < -0.39 is 6.04 Å². The lowest BCUT2D eigenvalue weighted by atomic mass is 10.1. The molecule has 0 unspecified atom stereocenters. The second kappa shape index (κ2) is 8.96. The predicted octanol–water partition coefficient (Wildman–Crippen LogP) is 2.75. The zero-order valence-electron chi connectivity index (χ0n) is 15.9. The summed E-state index contributed by atoms with van der Waals surface area (Å²) >= 11 is 1.60. The minimum absolute atomic E-state index is 0.0973. The lowest BCUT2D eigenvalue weighted by molar-refractivity contribution is -0.124. The van der Waals surface area contributed by atoms with Gasteiger partial charge in [0.1, 0.15) is 6.04 Å². The zero-order valence-corrected chi connectivity index (χ0v) is 16.7. The Morgan fingerprint density at radius 3 is 2.55 bits per heavy atom. The number of para-hydroxylation sites is 1. The fourth-order valence-corrected chi connectivity index (χ4v) is 4.42. The van der Waals surface area contributed by atoms with E-state index >= 15 is 0 Å². The van der Waals surface area contributed by atoms with Crippen LogP contribution in [-0.2, 0) is 11.2 Å². The van der Waals surface area contributed by atoms with Crippen molar-refractivity contribution in [2.45, 2.75) is 12.5 Å². The third-order valence-electron chi connectivity index (χ3n) is 4.84. The third-order valence-corrected chi connectivity index (χ3v) is 5.85. The normalized spacial score (nSPS) is 16.0. The van der Waals surface area contributed by atoms with Gasteiger partial charge in [-0.15, -0.1) is 11.8 Å². The van der Waals surface area contributed by atoms with Crippen LogP contribution in [0.2, 0.25) is 0 Å². The zero-order chi connectivity index (χ0) is 20.1. The molecule has 7 heteroatoms. The Morgan fingerprint density at radius 2 is 1.79 bits per heavy atom. The van der Waals surface area contributed by atoms with E-state index in [0.717, 1.165) is 11.3 Å². The molecule has 0 spiro atoms. The van der Waals surface area contributed by atoms with Crippen molar-refractivity contribution in [2.75, 3.05) is 18.2 Å². The Hall–Kier alpha value is -3.06. The lowest BCUT2D eigenvalue weighted by Crippen LogP contribution is -2.47. The van der Waals surface area contributed by atoms with Crippen LogP contribution in [0.3, 0.4) is 0 Å². The van der Waals surface area contributed by atoms with E-state index in [4.69, 9.17) is 0 Å². The number of carbonyl (C=O) groups is 2. The maximum Gasteiger partial charge on any atom is 0.255 e. The summed E-state index contributed by atoms with van der Waals surface area (Å²) in [6, 6.07) is 18.6. The molecule has 1 fully saturated rings. The van der Waals surface area contributed by atoms with Crippen molar-refractivity contribution in [3.8, 4) is 5.69 Å². The van der Waals surface area contributed by atoms with Crippen LogP contribution in [0.4, 0.5) is 0 Å². The smallest absolute Gasteiger partial charge is 0.255 e. The molecule has 29 heavy (non-hydrogen) atoms. The molecule has 1 N–H and O–H groups in total. The molecule has 0 saturated carbocycles. The van der Waals surface area contributed by atoms with Crippen LogP contribution in [0.5, 0.6) is 0 Å². The summed E-state index contributed by atoms with van der Waals surface area (Å²) in [7, 11) is 0. The average molecular weight is 407 g/mol. The van der Waals surface area contributed by atoms with Gasteiger partial charge in [-0.2, -0.15) is 5.10 Å². The van der Waals surface area contributed by atoms with Gasteiger partial charge in [0.2, 0.25) is 5.91 Å². The van der Waals surface area contributed by atoms with Gasteiger partial charge in [-0.25, -0.2) is 4.68 Å². The number of aromatic nitrogens is 2. The van der Waals surface area contributed by atoms with Crippen molar-refractivity contribution in [1.29, 1.82) is 0 Å². The molecule has 1 aromatic heterocycles. The molecular weight excluding hydrogens is 384 g/mol.